The first kappa shape index (κ1) is 15.5. The maximum absolute atomic E-state index is 12.9. The molecule has 0 aliphatic heterocycles. The van der Waals surface area contributed by atoms with Crippen molar-refractivity contribution in [1.29, 1.82) is 0 Å². The van der Waals surface area contributed by atoms with E-state index in [4.69, 9.17) is 17.3 Å². The third kappa shape index (κ3) is 3.61. The van der Waals surface area contributed by atoms with Gasteiger partial charge in [0.05, 0.1) is 22.0 Å². The van der Waals surface area contributed by atoms with Crippen LogP contribution in [0.25, 0.3) is 0 Å². The van der Waals surface area contributed by atoms with Crippen molar-refractivity contribution < 1.29 is 13.2 Å². The lowest BCUT2D eigenvalue weighted by atomic mass is 10.1. The first-order valence-electron chi connectivity index (χ1n) is 6.23. The highest BCUT2D eigenvalue weighted by Gasteiger charge is 2.32. The van der Waals surface area contributed by atoms with Crippen molar-refractivity contribution in [3.63, 3.8) is 0 Å². The normalized spacial score (nSPS) is 11.5. The summed E-state index contributed by atoms with van der Waals surface area (Å²) in [7, 11) is 0. The van der Waals surface area contributed by atoms with E-state index in [1.54, 1.807) is 18.2 Å². The zero-order valence-electron chi connectivity index (χ0n) is 11.3. The zero-order valence-corrected chi connectivity index (χ0v) is 12.0. The molecule has 2 aromatic carbocycles. The fourth-order valence-corrected chi connectivity index (χ4v) is 2.24. The van der Waals surface area contributed by atoms with Crippen LogP contribution < -0.4 is 11.1 Å². The lowest BCUT2D eigenvalue weighted by molar-refractivity contribution is -0.138. The summed E-state index contributed by atoms with van der Waals surface area (Å²) in [5.74, 6) is 0. The number of nitrogens with two attached hydrogens (primary N) is 1. The standard InChI is InChI=1S/C15H14ClF3N2/c1-9-6-12(20)14(16)13(7-9)21-8-10-4-2-3-5-11(10)15(17,18)19/h2-7,21H,8,20H2,1H3. The summed E-state index contributed by atoms with van der Waals surface area (Å²) in [4.78, 5) is 0. The van der Waals surface area contributed by atoms with Gasteiger partial charge >= 0.3 is 6.18 Å². The SMILES string of the molecule is Cc1cc(N)c(Cl)c(NCc2ccccc2C(F)(F)F)c1. The smallest absolute Gasteiger partial charge is 0.397 e. The fourth-order valence-electron chi connectivity index (χ4n) is 2.07. The molecule has 2 aromatic rings. The number of rotatable bonds is 3. The van der Waals surface area contributed by atoms with Gasteiger partial charge in [0.25, 0.3) is 0 Å². The molecule has 2 nitrogen and oxygen atoms in total. The van der Waals surface area contributed by atoms with Crippen molar-refractivity contribution in [2.24, 2.45) is 0 Å². The molecular formula is C15H14ClF3N2. The summed E-state index contributed by atoms with van der Waals surface area (Å²) in [6.07, 6.45) is -4.38. The van der Waals surface area contributed by atoms with Crippen molar-refractivity contribution >= 4 is 23.0 Å². The number of anilines is 2. The highest BCUT2D eigenvalue weighted by molar-refractivity contribution is 6.35. The van der Waals surface area contributed by atoms with Crippen molar-refractivity contribution in [2.75, 3.05) is 11.1 Å². The first-order valence-corrected chi connectivity index (χ1v) is 6.61. The molecule has 0 aromatic heterocycles. The molecule has 0 fully saturated rings. The van der Waals surface area contributed by atoms with Crippen LogP contribution in [0.4, 0.5) is 24.5 Å². The Hall–Kier alpha value is -1.88. The van der Waals surface area contributed by atoms with E-state index in [1.165, 1.54) is 12.1 Å². The van der Waals surface area contributed by atoms with Gasteiger partial charge in [0.2, 0.25) is 0 Å². The van der Waals surface area contributed by atoms with Gasteiger partial charge in [0.1, 0.15) is 0 Å². The quantitative estimate of drug-likeness (QED) is 0.794. The van der Waals surface area contributed by atoms with Gasteiger partial charge < -0.3 is 11.1 Å². The maximum atomic E-state index is 12.9. The molecule has 0 saturated carbocycles. The number of nitrogens with one attached hydrogen (secondary N) is 1. The van der Waals surface area contributed by atoms with Crippen LogP contribution in [0.15, 0.2) is 36.4 Å². The molecule has 0 heterocycles. The Labute approximate surface area is 125 Å². The van der Waals surface area contributed by atoms with Crippen molar-refractivity contribution in [3.05, 3.63) is 58.1 Å². The lowest BCUT2D eigenvalue weighted by Gasteiger charge is -2.15. The molecule has 0 atom stereocenters. The van der Waals surface area contributed by atoms with Crippen LogP contribution >= 0.6 is 11.6 Å². The van der Waals surface area contributed by atoms with Gasteiger partial charge in [-0.05, 0) is 36.2 Å². The highest BCUT2D eigenvalue weighted by atomic mass is 35.5. The minimum Gasteiger partial charge on any atom is -0.397 e. The largest absolute Gasteiger partial charge is 0.416 e. The Morgan fingerprint density at radius 2 is 1.86 bits per heavy atom. The van der Waals surface area contributed by atoms with E-state index in [-0.39, 0.29) is 12.1 Å². The number of benzene rings is 2. The van der Waals surface area contributed by atoms with Crippen molar-refractivity contribution in [1.82, 2.24) is 0 Å². The van der Waals surface area contributed by atoms with Crippen LogP contribution in [0.5, 0.6) is 0 Å². The minimum atomic E-state index is -4.38. The summed E-state index contributed by atoms with van der Waals surface area (Å²) in [5.41, 5.74) is 7.02. The number of hydrogen-bond donors (Lipinski definition) is 2. The second kappa shape index (κ2) is 5.85. The summed E-state index contributed by atoms with van der Waals surface area (Å²) in [6.45, 7) is 1.85. The maximum Gasteiger partial charge on any atom is 0.416 e. The van der Waals surface area contributed by atoms with E-state index in [9.17, 15) is 13.2 Å². The minimum absolute atomic E-state index is 0.0122. The number of hydrogen-bond acceptors (Lipinski definition) is 2. The summed E-state index contributed by atoms with van der Waals surface area (Å²) in [5, 5.41) is 3.22. The lowest BCUT2D eigenvalue weighted by Crippen LogP contribution is -2.12. The molecular weight excluding hydrogens is 301 g/mol. The van der Waals surface area contributed by atoms with E-state index in [0.29, 0.717) is 16.4 Å². The van der Waals surface area contributed by atoms with Crippen molar-refractivity contribution in [3.8, 4) is 0 Å². The average molecular weight is 315 g/mol. The molecule has 6 heteroatoms. The van der Waals surface area contributed by atoms with Gasteiger partial charge in [-0.15, -0.1) is 0 Å². The van der Waals surface area contributed by atoms with E-state index < -0.39 is 11.7 Å². The number of aryl methyl sites for hydroxylation is 1. The monoisotopic (exact) mass is 314 g/mol. The van der Waals surface area contributed by atoms with Crippen molar-refractivity contribution in [2.45, 2.75) is 19.6 Å². The van der Waals surface area contributed by atoms with E-state index in [2.05, 4.69) is 5.32 Å². The number of alkyl halides is 3. The van der Waals surface area contributed by atoms with Gasteiger partial charge in [0, 0.05) is 6.54 Å². The predicted molar refractivity (Wildman–Crippen MR) is 79.4 cm³/mol. The topological polar surface area (TPSA) is 38.0 Å². The van der Waals surface area contributed by atoms with Gasteiger partial charge in [-0.1, -0.05) is 29.8 Å². The second-order valence-corrected chi connectivity index (χ2v) is 5.10. The Morgan fingerprint density at radius 3 is 2.52 bits per heavy atom. The molecule has 0 bridgehead atoms. The fraction of sp³-hybridized carbons (Fsp3) is 0.200. The average Bonchev–Trinajstić information content (AvgIpc) is 2.40. The summed E-state index contributed by atoms with van der Waals surface area (Å²) in [6, 6.07) is 8.88. The van der Waals surface area contributed by atoms with Crippen LogP contribution in [-0.4, -0.2) is 0 Å². The van der Waals surface area contributed by atoms with E-state index in [0.717, 1.165) is 11.6 Å². The third-order valence-corrected chi connectivity index (χ3v) is 3.46. The summed E-state index contributed by atoms with van der Waals surface area (Å²) < 4.78 is 38.7. The number of nitrogen functional groups attached to an aromatic ring is 1. The van der Waals surface area contributed by atoms with Crippen LogP contribution in [-0.2, 0) is 12.7 Å². The Balaban J connectivity index is 2.26. The van der Waals surface area contributed by atoms with Gasteiger partial charge in [0.15, 0.2) is 0 Å². The third-order valence-electron chi connectivity index (χ3n) is 3.04. The molecule has 0 radical (unpaired) electrons. The predicted octanol–water partition coefficient (Wildman–Crippen LogP) is 4.86. The molecule has 0 aliphatic carbocycles. The highest BCUT2D eigenvalue weighted by Crippen LogP contribution is 2.33. The Bertz CT molecular complexity index is 654. The van der Waals surface area contributed by atoms with Gasteiger partial charge in [-0.2, -0.15) is 13.2 Å². The Morgan fingerprint density at radius 1 is 1.19 bits per heavy atom. The van der Waals surface area contributed by atoms with Gasteiger partial charge in [-0.3, -0.25) is 0 Å². The first-order chi connectivity index (χ1) is 9.79. The molecule has 0 spiro atoms. The van der Waals surface area contributed by atoms with Crippen LogP contribution in [0.1, 0.15) is 16.7 Å². The van der Waals surface area contributed by atoms with E-state index >= 15 is 0 Å². The van der Waals surface area contributed by atoms with Gasteiger partial charge in [-0.25, -0.2) is 0 Å². The van der Waals surface area contributed by atoms with Crippen LogP contribution in [0, 0.1) is 6.92 Å². The molecule has 0 saturated heterocycles. The molecule has 0 amide bonds. The summed E-state index contributed by atoms with van der Waals surface area (Å²) >= 11 is 6.05. The molecule has 0 unspecified atom stereocenters. The molecule has 112 valence electrons. The van der Waals surface area contributed by atoms with Crippen LogP contribution in [0.3, 0.4) is 0 Å². The molecule has 21 heavy (non-hydrogen) atoms. The molecule has 3 N–H and O–H groups in total. The molecule has 0 aliphatic rings. The van der Waals surface area contributed by atoms with E-state index in [1.807, 2.05) is 6.92 Å². The Kier molecular flexibility index (Phi) is 4.32. The van der Waals surface area contributed by atoms with Crippen LogP contribution in [0.2, 0.25) is 5.02 Å². The zero-order chi connectivity index (χ0) is 15.6. The number of halogens is 4. The molecule has 2 rings (SSSR count). The second-order valence-electron chi connectivity index (χ2n) is 4.72.